The SMILES string of the molecule is Cc1ccc(-n2cnnc2SCC(=O)Nc2ccc(S(=O)(=O)N3CCCCC3)cc2)c(C)c1. The first-order chi connectivity index (χ1) is 15.8. The Bertz CT molecular complexity index is 1230. The van der Waals surface area contributed by atoms with Crippen LogP contribution >= 0.6 is 11.8 Å². The summed E-state index contributed by atoms with van der Waals surface area (Å²) in [5, 5.41) is 11.6. The fourth-order valence-electron chi connectivity index (χ4n) is 3.86. The van der Waals surface area contributed by atoms with E-state index in [9.17, 15) is 13.2 Å². The summed E-state index contributed by atoms with van der Waals surface area (Å²) in [6, 6.07) is 12.5. The van der Waals surface area contributed by atoms with Crippen molar-refractivity contribution in [2.24, 2.45) is 0 Å². The smallest absolute Gasteiger partial charge is 0.243 e. The molecule has 8 nitrogen and oxygen atoms in total. The zero-order valence-electron chi connectivity index (χ0n) is 18.7. The summed E-state index contributed by atoms with van der Waals surface area (Å²) in [4.78, 5) is 12.7. The van der Waals surface area contributed by atoms with Crippen molar-refractivity contribution in [3.05, 3.63) is 59.9 Å². The maximum Gasteiger partial charge on any atom is 0.243 e. The third-order valence-electron chi connectivity index (χ3n) is 5.55. The number of carbonyl (C=O) groups excluding carboxylic acids is 1. The molecule has 0 aliphatic carbocycles. The molecule has 1 saturated heterocycles. The highest BCUT2D eigenvalue weighted by atomic mass is 32.2. The molecule has 1 aliphatic heterocycles. The van der Waals surface area contributed by atoms with Crippen LogP contribution in [-0.4, -0.2) is 52.2 Å². The Morgan fingerprint density at radius 3 is 2.48 bits per heavy atom. The van der Waals surface area contributed by atoms with E-state index in [2.05, 4.69) is 21.6 Å². The molecule has 174 valence electrons. The minimum absolute atomic E-state index is 0.150. The molecule has 3 aromatic rings. The molecule has 10 heteroatoms. The summed E-state index contributed by atoms with van der Waals surface area (Å²) in [5.41, 5.74) is 3.79. The van der Waals surface area contributed by atoms with E-state index in [4.69, 9.17) is 0 Å². The highest BCUT2D eigenvalue weighted by Gasteiger charge is 2.25. The number of sulfonamides is 1. The molecule has 0 unspecified atom stereocenters. The summed E-state index contributed by atoms with van der Waals surface area (Å²) in [6.07, 6.45) is 4.49. The van der Waals surface area contributed by atoms with Crippen LogP contribution in [0, 0.1) is 13.8 Å². The molecule has 33 heavy (non-hydrogen) atoms. The third kappa shape index (κ3) is 5.45. The molecule has 1 fully saturated rings. The van der Waals surface area contributed by atoms with Gasteiger partial charge in [-0.2, -0.15) is 4.31 Å². The van der Waals surface area contributed by atoms with E-state index in [0.29, 0.717) is 23.9 Å². The van der Waals surface area contributed by atoms with E-state index in [-0.39, 0.29) is 16.6 Å². The van der Waals surface area contributed by atoms with Crippen LogP contribution in [-0.2, 0) is 14.8 Å². The second-order valence-corrected chi connectivity index (χ2v) is 11.0. The van der Waals surface area contributed by atoms with Crippen LogP contribution < -0.4 is 5.32 Å². The van der Waals surface area contributed by atoms with Gasteiger partial charge in [-0.15, -0.1) is 10.2 Å². The number of rotatable bonds is 7. The molecule has 1 aromatic heterocycles. The van der Waals surface area contributed by atoms with Crippen LogP contribution in [0.4, 0.5) is 5.69 Å². The molecule has 1 amide bonds. The first kappa shape index (κ1) is 23.5. The van der Waals surface area contributed by atoms with Crippen LogP contribution in [0.1, 0.15) is 30.4 Å². The summed E-state index contributed by atoms with van der Waals surface area (Å²) >= 11 is 1.29. The summed E-state index contributed by atoms with van der Waals surface area (Å²) < 4.78 is 28.9. The number of nitrogens with one attached hydrogen (secondary N) is 1. The summed E-state index contributed by atoms with van der Waals surface area (Å²) in [5.74, 6) is -0.0564. The first-order valence-electron chi connectivity index (χ1n) is 10.8. The Morgan fingerprint density at radius 1 is 1.06 bits per heavy atom. The Morgan fingerprint density at radius 2 is 1.79 bits per heavy atom. The highest BCUT2D eigenvalue weighted by molar-refractivity contribution is 7.99. The average Bonchev–Trinajstić information content (AvgIpc) is 3.27. The lowest BCUT2D eigenvalue weighted by Gasteiger charge is -2.25. The standard InChI is InChI=1S/C23H27N5O3S2/c1-17-6-11-21(18(2)14-17)28-16-24-26-23(28)32-15-22(29)25-19-7-9-20(10-8-19)33(30,31)27-12-4-3-5-13-27/h6-11,14,16H,3-5,12-13,15H2,1-2H3,(H,25,29). The van der Waals surface area contributed by atoms with Crippen LogP contribution in [0.5, 0.6) is 0 Å². The fraction of sp³-hybridized carbons (Fsp3) is 0.348. The van der Waals surface area contributed by atoms with E-state index < -0.39 is 10.0 Å². The van der Waals surface area contributed by atoms with Crippen LogP contribution in [0.3, 0.4) is 0 Å². The lowest BCUT2D eigenvalue weighted by molar-refractivity contribution is -0.113. The van der Waals surface area contributed by atoms with Crippen molar-refractivity contribution in [3.63, 3.8) is 0 Å². The average molecular weight is 486 g/mol. The van der Waals surface area contributed by atoms with Crippen molar-refractivity contribution in [1.82, 2.24) is 19.1 Å². The van der Waals surface area contributed by atoms with E-state index in [0.717, 1.165) is 30.5 Å². The van der Waals surface area contributed by atoms with Gasteiger partial charge in [-0.25, -0.2) is 8.42 Å². The zero-order chi connectivity index (χ0) is 23.4. The molecule has 2 heterocycles. The number of anilines is 1. The number of aromatic nitrogens is 3. The molecule has 1 N–H and O–H groups in total. The predicted molar refractivity (Wildman–Crippen MR) is 129 cm³/mol. The third-order valence-corrected chi connectivity index (χ3v) is 8.41. The van der Waals surface area contributed by atoms with Crippen molar-refractivity contribution in [2.45, 2.75) is 43.2 Å². The van der Waals surface area contributed by atoms with Gasteiger partial charge in [0.15, 0.2) is 5.16 Å². The number of amides is 1. The topological polar surface area (TPSA) is 97.2 Å². The van der Waals surface area contributed by atoms with Gasteiger partial charge in [-0.3, -0.25) is 9.36 Å². The molecule has 0 radical (unpaired) electrons. The van der Waals surface area contributed by atoms with Gasteiger partial charge < -0.3 is 5.32 Å². The van der Waals surface area contributed by atoms with Crippen LogP contribution in [0.15, 0.2) is 58.8 Å². The van der Waals surface area contributed by atoms with Crippen molar-refractivity contribution >= 4 is 33.4 Å². The number of hydrogen-bond acceptors (Lipinski definition) is 6. The molecule has 0 bridgehead atoms. The number of benzene rings is 2. The van der Waals surface area contributed by atoms with Gasteiger partial charge in [0.1, 0.15) is 6.33 Å². The lowest BCUT2D eigenvalue weighted by Crippen LogP contribution is -2.35. The van der Waals surface area contributed by atoms with Gasteiger partial charge >= 0.3 is 0 Å². The van der Waals surface area contributed by atoms with Crippen molar-refractivity contribution < 1.29 is 13.2 Å². The van der Waals surface area contributed by atoms with Gasteiger partial charge in [0.05, 0.1) is 16.3 Å². The molecular weight excluding hydrogens is 458 g/mol. The quantitative estimate of drug-likeness (QED) is 0.512. The zero-order valence-corrected chi connectivity index (χ0v) is 20.3. The van der Waals surface area contributed by atoms with E-state index in [1.807, 2.05) is 30.5 Å². The minimum Gasteiger partial charge on any atom is -0.325 e. The second-order valence-electron chi connectivity index (χ2n) is 8.10. The number of hydrogen-bond donors (Lipinski definition) is 1. The van der Waals surface area contributed by atoms with Crippen molar-refractivity contribution in [1.29, 1.82) is 0 Å². The lowest BCUT2D eigenvalue weighted by atomic mass is 10.1. The maximum absolute atomic E-state index is 12.8. The Kier molecular flexibility index (Phi) is 7.16. The molecule has 1 aliphatic rings. The monoisotopic (exact) mass is 485 g/mol. The van der Waals surface area contributed by atoms with Gasteiger partial charge in [-0.1, -0.05) is 35.9 Å². The highest BCUT2D eigenvalue weighted by Crippen LogP contribution is 2.24. The van der Waals surface area contributed by atoms with Gasteiger partial charge in [0.25, 0.3) is 0 Å². The number of carbonyl (C=O) groups is 1. The normalized spacial score (nSPS) is 14.8. The number of nitrogens with zero attached hydrogens (tertiary/aromatic N) is 4. The van der Waals surface area contributed by atoms with E-state index >= 15 is 0 Å². The number of aryl methyl sites for hydroxylation is 2. The maximum atomic E-state index is 12.8. The largest absolute Gasteiger partial charge is 0.325 e. The van der Waals surface area contributed by atoms with Crippen LogP contribution in [0.2, 0.25) is 0 Å². The van der Waals surface area contributed by atoms with Crippen LogP contribution in [0.25, 0.3) is 5.69 Å². The Labute approximate surface area is 198 Å². The summed E-state index contributed by atoms with van der Waals surface area (Å²) in [7, 11) is -3.49. The predicted octanol–water partition coefficient (Wildman–Crippen LogP) is 3.79. The van der Waals surface area contributed by atoms with E-state index in [1.54, 1.807) is 30.6 Å². The van der Waals surface area contributed by atoms with Crippen molar-refractivity contribution in [3.8, 4) is 5.69 Å². The van der Waals surface area contributed by atoms with Crippen molar-refractivity contribution in [2.75, 3.05) is 24.2 Å². The molecular formula is C23H27N5O3S2. The second kappa shape index (κ2) is 10.1. The van der Waals surface area contributed by atoms with Gasteiger partial charge in [0, 0.05) is 18.8 Å². The Balaban J connectivity index is 1.37. The number of thioether (sulfide) groups is 1. The molecule has 0 atom stereocenters. The van der Waals surface area contributed by atoms with Gasteiger partial charge in [0.2, 0.25) is 15.9 Å². The molecule has 0 saturated carbocycles. The molecule has 0 spiro atoms. The minimum atomic E-state index is -3.49. The van der Waals surface area contributed by atoms with Gasteiger partial charge in [-0.05, 0) is 62.6 Å². The first-order valence-corrected chi connectivity index (χ1v) is 13.3. The Hall–Kier alpha value is -2.69. The fourth-order valence-corrected chi connectivity index (χ4v) is 6.09. The number of piperidine rings is 1. The summed E-state index contributed by atoms with van der Waals surface area (Å²) in [6.45, 7) is 5.19. The van der Waals surface area contributed by atoms with E-state index in [1.165, 1.54) is 21.6 Å². The molecule has 2 aromatic carbocycles. The molecule has 4 rings (SSSR count).